The van der Waals surface area contributed by atoms with Gasteiger partial charge in [0, 0.05) is 19.6 Å². The van der Waals surface area contributed by atoms with Crippen LogP contribution in [-0.2, 0) is 6.54 Å². The second-order valence-corrected chi connectivity index (χ2v) is 5.24. The lowest BCUT2D eigenvalue weighted by molar-refractivity contribution is 0.626. The van der Waals surface area contributed by atoms with Crippen molar-refractivity contribution in [3.05, 3.63) is 40.9 Å². The Morgan fingerprint density at radius 1 is 1.19 bits per heavy atom. The minimum atomic E-state index is -0.263. The van der Waals surface area contributed by atoms with E-state index in [1.54, 1.807) is 6.07 Å². The van der Waals surface area contributed by atoms with Crippen molar-refractivity contribution < 1.29 is 4.39 Å². The molecule has 7 heteroatoms. The number of anilines is 2. The molecule has 1 N–H and O–H groups in total. The maximum atomic E-state index is 13.1. The Bertz CT molecular complexity index is 631. The monoisotopic (exact) mass is 307 g/mol. The summed E-state index contributed by atoms with van der Waals surface area (Å²) in [6.07, 6.45) is 2.27. The molecule has 1 aromatic carbocycles. The van der Waals surface area contributed by atoms with Crippen LogP contribution in [0.15, 0.2) is 24.3 Å². The molecule has 2 aromatic rings. The van der Waals surface area contributed by atoms with Crippen molar-refractivity contribution >= 4 is 23.5 Å². The molecule has 3 rings (SSSR count). The third-order valence-electron chi connectivity index (χ3n) is 3.32. The van der Waals surface area contributed by atoms with Crippen molar-refractivity contribution in [1.82, 2.24) is 15.0 Å². The second kappa shape index (κ2) is 6.22. The van der Waals surface area contributed by atoms with Crippen molar-refractivity contribution in [2.24, 2.45) is 0 Å². The molecule has 0 spiro atoms. The van der Waals surface area contributed by atoms with Gasteiger partial charge in [-0.3, -0.25) is 0 Å². The molecular weight excluding hydrogens is 293 g/mol. The lowest BCUT2D eigenvalue weighted by Crippen LogP contribution is -2.21. The van der Waals surface area contributed by atoms with Crippen molar-refractivity contribution in [3.63, 3.8) is 0 Å². The van der Waals surface area contributed by atoms with E-state index in [2.05, 4.69) is 25.2 Å². The van der Waals surface area contributed by atoms with E-state index in [-0.39, 0.29) is 11.1 Å². The molecule has 5 nitrogen and oxygen atoms in total. The Labute approximate surface area is 127 Å². The lowest BCUT2D eigenvalue weighted by Gasteiger charge is -2.15. The largest absolute Gasteiger partial charge is 0.350 e. The number of nitrogens with zero attached hydrogens (tertiary/aromatic N) is 4. The second-order valence-electron chi connectivity index (χ2n) is 4.91. The minimum absolute atomic E-state index is 0.161. The van der Waals surface area contributed by atoms with Gasteiger partial charge in [-0.15, -0.1) is 0 Å². The van der Waals surface area contributed by atoms with Gasteiger partial charge in [-0.25, -0.2) is 4.39 Å². The van der Waals surface area contributed by atoms with E-state index >= 15 is 0 Å². The molecule has 0 amide bonds. The maximum absolute atomic E-state index is 13.1. The first kappa shape index (κ1) is 14.0. The molecule has 1 aliphatic heterocycles. The first-order valence-electron chi connectivity index (χ1n) is 6.85. The Kier molecular flexibility index (Phi) is 4.15. The van der Waals surface area contributed by atoms with Crippen molar-refractivity contribution in [2.75, 3.05) is 23.3 Å². The molecule has 0 saturated carbocycles. The van der Waals surface area contributed by atoms with Gasteiger partial charge in [0.05, 0.1) is 0 Å². The molecule has 0 aliphatic carbocycles. The molecule has 0 bridgehead atoms. The van der Waals surface area contributed by atoms with Gasteiger partial charge in [0.2, 0.25) is 17.2 Å². The Balaban J connectivity index is 1.72. The summed E-state index contributed by atoms with van der Waals surface area (Å²) in [7, 11) is 0. The Morgan fingerprint density at radius 3 is 2.76 bits per heavy atom. The number of hydrogen-bond donors (Lipinski definition) is 1. The van der Waals surface area contributed by atoms with Crippen LogP contribution in [0.2, 0.25) is 5.28 Å². The van der Waals surface area contributed by atoms with Gasteiger partial charge in [0.1, 0.15) is 5.82 Å². The summed E-state index contributed by atoms with van der Waals surface area (Å²) in [6, 6.07) is 6.38. The van der Waals surface area contributed by atoms with E-state index in [0.717, 1.165) is 31.5 Å². The summed E-state index contributed by atoms with van der Waals surface area (Å²) in [4.78, 5) is 14.7. The first-order chi connectivity index (χ1) is 10.2. The molecule has 1 aliphatic rings. The van der Waals surface area contributed by atoms with E-state index in [1.807, 2.05) is 6.07 Å². The average Bonchev–Trinajstić information content (AvgIpc) is 2.99. The van der Waals surface area contributed by atoms with Crippen molar-refractivity contribution in [3.8, 4) is 0 Å². The fourth-order valence-corrected chi connectivity index (χ4v) is 2.46. The number of aromatic nitrogens is 3. The lowest BCUT2D eigenvalue weighted by atomic mass is 10.2. The van der Waals surface area contributed by atoms with E-state index in [4.69, 9.17) is 11.6 Å². The standard InChI is InChI=1S/C14H15ClFN5/c15-12-18-13(17-9-10-4-3-5-11(16)8-10)20-14(19-12)21-6-1-2-7-21/h3-5,8H,1-2,6-7,9H2,(H,17,18,19,20). The van der Waals surface area contributed by atoms with Crippen molar-refractivity contribution in [2.45, 2.75) is 19.4 Å². The third kappa shape index (κ3) is 3.58. The number of benzene rings is 1. The molecule has 1 fully saturated rings. The fourth-order valence-electron chi connectivity index (χ4n) is 2.31. The number of halogens is 2. The molecule has 2 heterocycles. The molecular formula is C14H15ClFN5. The summed E-state index contributed by atoms with van der Waals surface area (Å²) in [6.45, 7) is 2.30. The van der Waals surface area contributed by atoms with Crippen LogP contribution in [0.1, 0.15) is 18.4 Å². The molecule has 1 saturated heterocycles. The zero-order chi connectivity index (χ0) is 14.7. The predicted octanol–water partition coefficient (Wildman–Crippen LogP) is 2.88. The van der Waals surface area contributed by atoms with Crippen LogP contribution >= 0.6 is 11.6 Å². The highest BCUT2D eigenvalue weighted by Crippen LogP contribution is 2.18. The molecule has 0 radical (unpaired) electrons. The fraction of sp³-hybridized carbons (Fsp3) is 0.357. The highest BCUT2D eigenvalue weighted by Gasteiger charge is 2.16. The van der Waals surface area contributed by atoms with Crippen LogP contribution in [-0.4, -0.2) is 28.0 Å². The van der Waals surface area contributed by atoms with Crippen molar-refractivity contribution in [1.29, 1.82) is 0 Å². The van der Waals surface area contributed by atoms with Gasteiger partial charge in [-0.05, 0) is 42.1 Å². The first-order valence-corrected chi connectivity index (χ1v) is 7.23. The Morgan fingerprint density at radius 2 is 2.00 bits per heavy atom. The van der Waals surface area contributed by atoms with E-state index < -0.39 is 0 Å². The van der Waals surface area contributed by atoms with Gasteiger partial charge in [-0.1, -0.05) is 12.1 Å². The smallest absolute Gasteiger partial charge is 0.231 e. The van der Waals surface area contributed by atoms with Crippen LogP contribution < -0.4 is 10.2 Å². The van der Waals surface area contributed by atoms with Gasteiger partial charge in [0.25, 0.3) is 0 Å². The van der Waals surface area contributed by atoms with Crippen LogP contribution in [0, 0.1) is 5.82 Å². The summed E-state index contributed by atoms with van der Waals surface area (Å²) >= 11 is 5.95. The molecule has 21 heavy (non-hydrogen) atoms. The zero-order valence-electron chi connectivity index (χ0n) is 11.4. The van der Waals surface area contributed by atoms with Crippen LogP contribution in [0.3, 0.4) is 0 Å². The highest BCUT2D eigenvalue weighted by atomic mass is 35.5. The average molecular weight is 308 g/mol. The molecule has 0 unspecified atom stereocenters. The normalized spacial score (nSPS) is 14.5. The molecule has 0 atom stereocenters. The summed E-state index contributed by atoms with van der Waals surface area (Å²) in [5, 5.41) is 3.21. The number of nitrogens with one attached hydrogen (secondary N) is 1. The van der Waals surface area contributed by atoms with Gasteiger partial charge in [-0.2, -0.15) is 15.0 Å². The molecule has 1 aromatic heterocycles. The van der Waals surface area contributed by atoms with Crippen LogP contribution in [0.5, 0.6) is 0 Å². The zero-order valence-corrected chi connectivity index (χ0v) is 12.1. The van der Waals surface area contributed by atoms with Gasteiger partial charge >= 0.3 is 0 Å². The quantitative estimate of drug-likeness (QED) is 0.941. The third-order valence-corrected chi connectivity index (χ3v) is 3.49. The minimum Gasteiger partial charge on any atom is -0.350 e. The van der Waals surface area contributed by atoms with Crippen LogP contribution in [0.4, 0.5) is 16.3 Å². The Hall–Kier alpha value is -1.95. The van der Waals surface area contributed by atoms with Gasteiger partial charge in [0.15, 0.2) is 0 Å². The molecule has 110 valence electrons. The van der Waals surface area contributed by atoms with Crippen LogP contribution in [0.25, 0.3) is 0 Å². The van der Waals surface area contributed by atoms with E-state index in [9.17, 15) is 4.39 Å². The number of hydrogen-bond acceptors (Lipinski definition) is 5. The van der Waals surface area contributed by atoms with Gasteiger partial charge < -0.3 is 10.2 Å². The summed E-state index contributed by atoms with van der Waals surface area (Å²) in [5.74, 6) is 0.733. The summed E-state index contributed by atoms with van der Waals surface area (Å²) < 4.78 is 13.1. The van der Waals surface area contributed by atoms with E-state index in [0.29, 0.717) is 18.4 Å². The summed E-state index contributed by atoms with van der Waals surface area (Å²) in [5.41, 5.74) is 0.814. The predicted molar refractivity (Wildman–Crippen MR) is 80.0 cm³/mol. The van der Waals surface area contributed by atoms with E-state index in [1.165, 1.54) is 12.1 Å². The maximum Gasteiger partial charge on any atom is 0.231 e. The highest BCUT2D eigenvalue weighted by molar-refractivity contribution is 6.28. The SMILES string of the molecule is Fc1cccc(CNc2nc(Cl)nc(N3CCCC3)n2)c1. The number of rotatable bonds is 4. The topological polar surface area (TPSA) is 53.9 Å².